The van der Waals surface area contributed by atoms with Crippen molar-refractivity contribution in [3.05, 3.63) is 34.9 Å². The van der Waals surface area contributed by atoms with Crippen LogP contribution in [0.2, 0.25) is 0 Å². The van der Waals surface area contributed by atoms with Gasteiger partial charge in [0.2, 0.25) is 0 Å². The Balaban J connectivity index is 3.27. The van der Waals surface area contributed by atoms with Crippen molar-refractivity contribution in [1.82, 2.24) is 0 Å². The Morgan fingerprint density at radius 1 is 1.10 bits per heavy atom. The lowest BCUT2D eigenvalue weighted by Gasteiger charge is -2.13. The molecule has 0 aliphatic carbocycles. The van der Waals surface area contributed by atoms with Crippen LogP contribution in [0.4, 0.5) is 0 Å². The van der Waals surface area contributed by atoms with Gasteiger partial charge >= 0.3 is 11.9 Å². The molecule has 0 bridgehead atoms. The summed E-state index contributed by atoms with van der Waals surface area (Å²) >= 11 is 0. The van der Waals surface area contributed by atoms with Crippen molar-refractivity contribution in [3.63, 3.8) is 0 Å². The Bertz CT molecular complexity index is 536. The SMILES string of the molecule is COCC(=O)c1ccc(C(C(=O)O)C(=O)O)cc1COC. The summed E-state index contributed by atoms with van der Waals surface area (Å²) in [5.74, 6) is -4.92. The molecule has 0 heterocycles. The maximum absolute atomic E-state index is 11.9. The molecule has 7 heteroatoms. The van der Waals surface area contributed by atoms with Crippen molar-refractivity contribution in [3.8, 4) is 0 Å². The zero-order valence-electron chi connectivity index (χ0n) is 11.7. The van der Waals surface area contributed by atoms with Crippen molar-refractivity contribution in [2.75, 3.05) is 20.8 Å². The van der Waals surface area contributed by atoms with Crippen LogP contribution in [0.3, 0.4) is 0 Å². The van der Waals surface area contributed by atoms with Crippen molar-refractivity contribution >= 4 is 17.7 Å². The predicted octanol–water partition coefficient (Wildman–Crippen LogP) is 0.915. The van der Waals surface area contributed by atoms with Gasteiger partial charge in [0, 0.05) is 19.8 Å². The van der Waals surface area contributed by atoms with Crippen LogP contribution in [0.5, 0.6) is 0 Å². The number of carbonyl (C=O) groups is 3. The van der Waals surface area contributed by atoms with Gasteiger partial charge in [0.1, 0.15) is 6.61 Å². The highest BCUT2D eigenvalue weighted by atomic mass is 16.5. The maximum Gasteiger partial charge on any atom is 0.322 e. The largest absolute Gasteiger partial charge is 0.480 e. The predicted molar refractivity (Wildman–Crippen MR) is 71.4 cm³/mol. The van der Waals surface area contributed by atoms with E-state index in [0.29, 0.717) is 11.1 Å². The summed E-state index contributed by atoms with van der Waals surface area (Å²) in [4.78, 5) is 33.9. The van der Waals surface area contributed by atoms with Gasteiger partial charge in [-0.2, -0.15) is 0 Å². The third kappa shape index (κ3) is 4.11. The fourth-order valence-electron chi connectivity index (χ4n) is 1.94. The van der Waals surface area contributed by atoms with Gasteiger partial charge in [-0.05, 0) is 11.1 Å². The second-order valence-corrected chi connectivity index (χ2v) is 4.32. The third-order valence-corrected chi connectivity index (χ3v) is 2.83. The molecular formula is C14H16O7. The normalized spacial score (nSPS) is 10.6. The molecule has 1 aromatic carbocycles. The second kappa shape index (κ2) is 7.51. The zero-order chi connectivity index (χ0) is 16.0. The number of Topliss-reactive ketones (excluding diaryl/α,β-unsaturated/α-hetero) is 1. The fourth-order valence-corrected chi connectivity index (χ4v) is 1.94. The fraction of sp³-hybridized carbons (Fsp3) is 0.357. The van der Waals surface area contributed by atoms with E-state index >= 15 is 0 Å². The molecule has 0 fully saturated rings. The van der Waals surface area contributed by atoms with Gasteiger partial charge in [-0.1, -0.05) is 18.2 Å². The minimum atomic E-state index is -1.69. The lowest BCUT2D eigenvalue weighted by molar-refractivity contribution is -0.150. The number of methoxy groups -OCH3 is 2. The van der Waals surface area contributed by atoms with Crippen molar-refractivity contribution < 1.29 is 34.1 Å². The number of carboxylic acids is 2. The number of hydrogen-bond acceptors (Lipinski definition) is 5. The molecule has 0 saturated carbocycles. The van der Waals surface area contributed by atoms with Gasteiger partial charge in [-0.15, -0.1) is 0 Å². The lowest BCUT2D eigenvalue weighted by atomic mass is 9.94. The average Bonchev–Trinajstić information content (AvgIpc) is 2.38. The number of ether oxygens (including phenoxy) is 2. The molecule has 0 saturated heterocycles. The molecule has 1 rings (SSSR count). The van der Waals surface area contributed by atoms with Crippen LogP contribution in [-0.4, -0.2) is 48.8 Å². The van der Waals surface area contributed by atoms with E-state index < -0.39 is 17.9 Å². The van der Waals surface area contributed by atoms with Gasteiger partial charge in [0.15, 0.2) is 11.7 Å². The third-order valence-electron chi connectivity index (χ3n) is 2.83. The Labute approximate surface area is 121 Å². The first-order valence-corrected chi connectivity index (χ1v) is 6.01. The van der Waals surface area contributed by atoms with E-state index in [1.54, 1.807) is 0 Å². The zero-order valence-corrected chi connectivity index (χ0v) is 11.7. The number of aliphatic carboxylic acids is 2. The summed E-state index contributed by atoms with van der Waals surface area (Å²) in [5, 5.41) is 18.0. The highest BCUT2D eigenvalue weighted by Crippen LogP contribution is 2.22. The number of ketones is 1. The number of rotatable bonds is 8. The number of benzene rings is 1. The first kappa shape index (κ1) is 16.8. The van der Waals surface area contributed by atoms with Crippen molar-refractivity contribution in [1.29, 1.82) is 0 Å². The molecule has 21 heavy (non-hydrogen) atoms. The molecule has 7 nitrogen and oxygen atoms in total. The Morgan fingerprint density at radius 2 is 1.71 bits per heavy atom. The molecule has 0 aliphatic heterocycles. The topological polar surface area (TPSA) is 110 Å². The quantitative estimate of drug-likeness (QED) is 0.542. The van der Waals surface area contributed by atoms with Gasteiger partial charge in [0.05, 0.1) is 6.61 Å². The molecule has 0 radical (unpaired) electrons. The molecule has 1 aromatic rings. The minimum absolute atomic E-state index is 0.0601. The molecular weight excluding hydrogens is 280 g/mol. The summed E-state index contributed by atoms with van der Waals surface area (Å²) in [6, 6.07) is 4.07. The summed E-state index contributed by atoms with van der Waals surface area (Å²) < 4.78 is 9.73. The van der Waals surface area contributed by atoms with Crippen molar-refractivity contribution in [2.24, 2.45) is 0 Å². The summed E-state index contributed by atoms with van der Waals surface area (Å²) in [6.45, 7) is -0.0675. The highest BCUT2D eigenvalue weighted by molar-refractivity contribution is 6.01. The van der Waals surface area contributed by atoms with E-state index in [0.717, 1.165) is 0 Å². The van der Waals surface area contributed by atoms with E-state index in [1.165, 1.54) is 32.4 Å². The van der Waals surface area contributed by atoms with Crippen LogP contribution in [0.15, 0.2) is 18.2 Å². The first-order valence-electron chi connectivity index (χ1n) is 6.01. The Kier molecular flexibility index (Phi) is 6.01. The highest BCUT2D eigenvalue weighted by Gasteiger charge is 2.28. The molecule has 2 N–H and O–H groups in total. The molecule has 0 aliphatic rings. The van der Waals surface area contributed by atoms with Crippen LogP contribution in [0.1, 0.15) is 27.4 Å². The van der Waals surface area contributed by atoms with E-state index in [2.05, 4.69) is 0 Å². The molecule has 0 spiro atoms. The van der Waals surface area contributed by atoms with Crippen LogP contribution >= 0.6 is 0 Å². The summed E-state index contributed by atoms with van der Waals surface area (Å²) in [6.07, 6.45) is 0. The standard InChI is InChI=1S/C14H16O7/c1-20-6-9-5-8(12(13(16)17)14(18)19)3-4-10(9)11(15)7-21-2/h3-5,12H,6-7H2,1-2H3,(H,16,17)(H,18,19). The molecule has 0 atom stereocenters. The number of carboxylic acid groups (broad SMARTS) is 2. The van der Waals surface area contributed by atoms with E-state index in [9.17, 15) is 14.4 Å². The Hall–Kier alpha value is -2.25. The van der Waals surface area contributed by atoms with Gasteiger partial charge in [-0.25, -0.2) is 0 Å². The van der Waals surface area contributed by atoms with Crippen LogP contribution in [0, 0.1) is 0 Å². The van der Waals surface area contributed by atoms with Gasteiger partial charge < -0.3 is 19.7 Å². The van der Waals surface area contributed by atoms with Crippen LogP contribution in [-0.2, 0) is 25.7 Å². The lowest BCUT2D eigenvalue weighted by Crippen LogP contribution is -2.21. The second-order valence-electron chi connectivity index (χ2n) is 4.32. The Morgan fingerprint density at radius 3 is 2.19 bits per heavy atom. The van der Waals surface area contributed by atoms with E-state index in [4.69, 9.17) is 19.7 Å². The average molecular weight is 296 g/mol. The molecule has 0 aromatic heterocycles. The first-order chi connectivity index (χ1) is 9.92. The smallest absolute Gasteiger partial charge is 0.322 e. The molecule has 0 unspecified atom stereocenters. The summed E-state index contributed by atoms with van der Waals surface area (Å²) in [5.41, 5.74) is 0.817. The van der Waals surface area contributed by atoms with Crippen molar-refractivity contribution in [2.45, 2.75) is 12.5 Å². The van der Waals surface area contributed by atoms with Gasteiger partial charge in [-0.3, -0.25) is 14.4 Å². The summed E-state index contributed by atoms with van der Waals surface area (Å²) in [7, 11) is 2.80. The molecule has 114 valence electrons. The van der Waals surface area contributed by atoms with E-state index in [1.807, 2.05) is 0 Å². The minimum Gasteiger partial charge on any atom is -0.480 e. The maximum atomic E-state index is 11.9. The monoisotopic (exact) mass is 296 g/mol. The number of carbonyl (C=O) groups excluding carboxylic acids is 1. The molecule has 0 amide bonds. The number of hydrogen-bond donors (Lipinski definition) is 2. The van der Waals surface area contributed by atoms with E-state index in [-0.39, 0.29) is 24.6 Å². The van der Waals surface area contributed by atoms with Crippen LogP contribution < -0.4 is 0 Å². The van der Waals surface area contributed by atoms with Crippen LogP contribution in [0.25, 0.3) is 0 Å². The van der Waals surface area contributed by atoms with Gasteiger partial charge in [0.25, 0.3) is 0 Å².